The van der Waals surface area contributed by atoms with E-state index in [1.807, 2.05) is 13.0 Å². The van der Waals surface area contributed by atoms with Crippen LogP contribution in [0.5, 0.6) is 11.5 Å². The molecular weight excluding hydrogens is 337 g/mol. The molecule has 6 heteroatoms. The number of carbonyl (C=O) groups is 1. The highest BCUT2D eigenvalue weighted by Crippen LogP contribution is 2.34. The third-order valence-electron chi connectivity index (χ3n) is 4.41. The van der Waals surface area contributed by atoms with Crippen LogP contribution in [0.3, 0.4) is 0 Å². The van der Waals surface area contributed by atoms with E-state index in [-0.39, 0.29) is 29.0 Å². The molecule has 0 aliphatic carbocycles. The van der Waals surface area contributed by atoms with Gasteiger partial charge in [-0.2, -0.15) is 0 Å². The molecule has 0 amide bonds. The largest absolute Gasteiger partial charge is 0.504 e. The van der Waals surface area contributed by atoms with Gasteiger partial charge in [-0.05, 0) is 55.2 Å². The molecule has 140 valence electrons. The lowest BCUT2D eigenvalue weighted by molar-refractivity contribution is -0.122. The van der Waals surface area contributed by atoms with Crippen LogP contribution in [0.1, 0.15) is 31.7 Å². The summed E-state index contributed by atoms with van der Waals surface area (Å²) in [5.74, 6) is -0.154. The second-order valence-electron chi connectivity index (χ2n) is 6.50. The fourth-order valence-corrected chi connectivity index (χ4v) is 3.26. The summed E-state index contributed by atoms with van der Waals surface area (Å²) in [5.41, 5.74) is 1.02. The van der Waals surface area contributed by atoms with Gasteiger partial charge in [0.2, 0.25) is 0 Å². The van der Waals surface area contributed by atoms with E-state index in [0.29, 0.717) is 6.42 Å². The van der Waals surface area contributed by atoms with Crippen molar-refractivity contribution in [2.75, 3.05) is 26.2 Å². The molecule has 0 spiro atoms. The zero-order valence-corrected chi connectivity index (χ0v) is 16.1. The Morgan fingerprint density at radius 1 is 1.32 bits per heavy atom. The van der Waals surface area contributed by atoms with Crippen molar-refractivity contribution < 1.29 is 20.1 Å². The highest BCUT2D eigenvalue weighted by Gasteiger charge is 2.31. The molecule has 0 radical (unpaired) electrons. The number of nitrogens with zero attached hydrogens (tertiary/aromatic N) is 1. The number of likely N-dealkylation sites (tertiary alicyclic amines) is 1. The van der Waals surface area contributed by atoms with Gasteiger partial charge in [-0.3, -0.25) is 9.69 Å². The Kier molecular flexibility index (Phi) is 9.12. The SMILES string of the molecule is C=CCN1CCC(P)(CC(=O)CO)CC1.CCc1ccc(O)c(O)c1. The van der Waals surface area contributed by atoms with Gasteiger partial charge in [0.1, 0.15) is 6.61 Å². The summed E-state index contributed by atoms with van der Waals surface area (Å²) < 4.78 is 0. The van der Waals surface area contributed by atoms with Gasteiger partial charge < -0.3 is 15.3 Å². The first kappa shape index (κ1) is 21.6. The minimum atomic E-state index is -0.327. The van der Waals surface area contributed by atoms with Crippen LogP contribution in [-0.2, 0) is 11.2 Å². The summed E-state index contributed by atoms with van der Waals surface area (Å²) >= 11 is 0. The lowest BCUT2D eigenvalue weighted by atomic mass is 9.90. The van der Waals surface area contributed by atoms with Gasteiger partial charge in [-0.15, -0.1) is 15.8 Å². The van der Waals surface area contributed by atoms with Gasteiger partial charge in [0.25, 0.3) is 0 Å². The number of phenolic OH excluding ortho intramolecular Hbond substituents is 2. The molecular formula is C19H30NO4P. The zero-order chi connectivity index (χ0) is 18.9. The first-order chi connectivity index (χ1) is 11.8. The van der Waals surface area contributed by atoms with Crippen LogP contribution in [0, 0.1) is 0 Å². The molecule has 0 bridgehead atoms. The second kappa shape index (κ2) is 10.5. The fourth-order valence-electron chi connectivity index (χ4n) is 2.78. The first-order valence-corrected chi connectivity index (χ1v) is 9.17. The van der Waals surface area contributed by atoms with Gasteiger partial charge in [-0.1, -0.05) is 19.1 Å². The maximum Gasteiger partial charge on any atom is 0.159 e. The normalized spacial score (nSPS) is 16.6. The van der Waals surface area contributed by atoms with Crippen LogP contribution in [0.25, 0.3) is 0 Å². The highest BCUT2D eigenvalue weighted by molar-refractivity contribution is 7.19. The average molecular weight is 367 g/mol. The van der Waals surface area contributed by atoms with Crippen molar-refractivity contribution in [3.8, 4) is 11.5 Å². The number of aliphatic hydroxyl groups excluding tert-OH is 1. The lowest BCUT2D eigenvalue weighted by Crippen LogP contribution is -2.42. The summed E-state index contributed by atoms with van der Waals surface area (Å²) in [6.07, 6.45) is 5.26. The summed E-state index contributed by atoms with van der Waals surface area (Å²) in [6, 6.07) is 4.85. The number of ketones is 1. The van der Waals surface area contributed by atoms with E-state index in [1.54, 1.807) is 12.1 Å². The Balaban J connectivity index is 0.000000271. The molecule has 0 saturated carbocycles. The van der Waals surface area contributed by atoms with Gasteiger partial charge in [0.15, 0.2) is 17.3 Å². The van der Waals surface area contributed by atoms with Crippen molar-refractivity contribution >= 4 is 15.0 Å². The van der Waals surface area contributed by atoms with E-state index in [1.165, 1.54) is 6.07 Å². The molecule has 1 atom stereocenters. The number of piperidine rings is 1. The second-order valence-corrected chi connectivity index (χ2v) is 7.73. The zero-order valence-electron chi connectivity index (χ0n) is 14.9. The minimum Gasteiger partial charge on any atom is -0.504 e. The third-order valence-corrected chi connectivity index (χ3v) is 5.19. The number of aryl methyl sites for hydroxylation is 1. The Hall–Kier alpha value is -1.42. The van der Waals surface area contributed by atoms with E-state index in [2.05, 4.69) is 20.7 Å². The number of aromatic hydroxyl groups is 2. The smallest absolute Gasteiger partial charge is 0.159 e. The van der Waals surface area contributed by atoms with E-state index < -0.39 is 0 Å². The van der Waals surface area contributed by atoms with Crippen molar-refractivity contribution in [2.24, 2.45) is 0 Å². The van der Waals surface area contributed by atoms with Gasteiger partial charge in [-0.25, -0.2) is 0 Å². The van der Waals surface area contributed by atoms with Crippen LogP contribution in [0.2, 0.25) is 0 Å². The average Bonchev–Trinajstić information content (AvgIpc) is 2.60. The first-order valence-electron chi connectivity index (χ1n) is 8.59. The molecule has 1 unspecified atom stereocenters. The number of aliphatic hydroxyl groups is 1. The maximum atomic E-state index is 11.2. The van der Waals surface area contributed by atoms with Crippen LogP contribution >= 0.6 is 9.24 Å². The molecule has 5 nitrogen and oxygen atoms in total. The monoisotopic (exact) mass is 367 g/mol. The third kappa shape index (κ3) is 7.55. The molecule has 0 aromatic heterocycles. The van der Waals surface area contributed by atoms with Crippen LogP contribution in [-0.4, -0.2) is 57.4 Å². The number of hydrogen-bond donors (Lipinski definition) is 3. The van der Waals surface area contributed by atoms with Crippen LogP contribution in [0.4, 0.5) is 0 Å². The molecule has 3 N–H and O–H groups in total. The molecule has 1 aliphatic rings. The minimum absolute atomic E-state index is 0.0114. The predicted octanol–water partition coefficient (Wildman–Crippen LogP) is 2.49. The maximum absolute atomic E-state index is 11.2. The molecule has 1 fully saturated rings. The lowest BCUT2D eigenvalue weighted by Gasteiger charge is -2.38. The van der Waals surface area contributed by atoms with E-state index >= 15 is 0 Å². The number of benzene rings is 1. The van der Waals surface area contributed by atoms with Crippen molar-refractivity contribution in [1.82, 2.24) is 4.90 Å². The van der Waals surface area contributed by atoms with Crippen molar-refractivity contribution in [2.45, 2.75) is 37.8 Å². The van der Waals surface area contributed by atoms with E-state index in [4.69, 9.17) is 15.3 Å². The van der Waals surface area contributed by atoms with E-state index in [0.717, 1.165) is 44.5 Å². The Bertz CT molecular complexity index is 569. The molecule has 1 aliphatic heterocycles. The van der Waals surface area contributed by atoms with Crippen LogP contribution in [0.15, 0.2) is 30.9 Å². The number of rotatable bonds is 6. The highest BCUT2D eigenvalue weighted by atomic mass is 31.0. The molecule has 1 heterocycles. The molecule has 1 aromatic rings. The van der Waals surface area contributed by atoms with Crippen molar-refractivity contribution in [3.63, 3.8) is 0 Å². The van der Waals surface area contributed by atoms with Crippen LogP contribution < -0.4 is 0 Å². The molecule has 1 saturated heterocycles. The number of hydrogen-bond acceptors (Lipinski definition) is 5. The number of phenols is 2. The fraction of sp³-hybridized carbons (Fsp3) is 0.526. The number of carbonyl (C=O) groups excluding carboxylic acids is 1. The summed E-state index contributed by atoms with van der Waals surface area (Å²) in [7, 11) is 2.81. The van der Waals surface area contributed by atoms with Gasteiger partial charge in [0, 0.05) is 13.0 Å². The molecule has 1 aromatic carbocycles. The van der Waals surface area contributed by atoms with Crippen molar-refractivity contribution in [3.05, 3.63) is 36.4 Å². The summed E-state index contributed by atoms with van der Waals surface area (Å²) in [6.45, 7) is 8.33. The Labute approximate surface area is 152 Å². The predicted molar refractivity (Wildman–Crippen MR) is 104 cm³/mol. The van der Waals surface area contributed by atoms with Crippen molar-refractivity contribution in [1.29, 1.82) is 0 Å². The Morgan fingerprint density at radius 3 is 2.44 bits per heavy atom. The quantitative estimate of drug-likeness (QED) is 0.409. The Morgan fingerprint density at radius 2 is 1.96 bits per heavy atom. The molecule has 2 rings (SSSR count). The standard InChI is InChI=1S/C11H20NO2P.C8H10O2/c1-2-5-12-6-3-11(15,4-7-12)8-10(14)9-13;1-2-6-3-4-7(9)8(10)5-6/h2,13H,1,3-9,15H2;3-5,9-10H,2H2,1H3. The topological polar surface area (TPSA) is 81.0 Å². The van der Waals surface area contributed by atoms with Gasteiger partial charge >= 0.3 is 0 Å². The molecule has 25 heavy (non-hydrogen) atoms. The van der Waals surface area contributed by atoms with E-state index in [9.17, 15) is 4.79 Å². The van der Waals surface area contributed by atoms with Gasteiger partial charge in [0.05, 0.1) is 0 Å². The number of Topliss-reactive ketones (excluding diaryl/α,β-unsaturated/α-hetero) is 1. The summed E-state index contributed by atoms with van der Waals surface area (Å²) in [5, 5.41) is 26.6. The summed E-state index contributed by atoms with van der Waals surface area (Å²) in [4.78, 5) is 13.5.